The minimum Gasteiger partial charge on any atom is -0.339 e. The molecular weight excluding hydrogens is 388 g/mol. The maximum Gasteiger partial charge on any atom is 0.258 e. The lowest BCUT2D eigenvalue weighted by molar-refractivity contribution is 0.0605. The van der Waals surface area contributed by atoms with Crippen LogP contribution in [0.15, 0.2) is 59.5 Å². The quantitative estimate of drug-likeness (QED) is 0.615. The van der Waals surface area contributed by atoms with Crippen molar-refractivity contribution >= 4 is 11.6 Å². The normalized spacial score (nSPS) is 15.0. The summed E-state index contributed by atoms with van der Waals surface area (Å²) in [7, 11) is 0. The van der Waals surface area contributed by atoms with E-state index in [9.17, 15) is 9.59 Å². The highest BCUT2D eigenvalue weighted by atomic mass is 16.2. The topological polar surface area (TPSA) is 57.9 Å². The first-order valence-corrected chi connectivity index (χ1v) is 11.1. The molecule has 3 heterocycles. The van der Waals surface area contributed by atoms with Gasteiger partial charge in [0.1, 0.15) is 5.65 Å². The number of benzene rings is 1. The number of pyridine rings is 1. The van der Waals surface area contributed by atoms with Gasteiger partial charge in [-0.25, -0.2) is 4.98 Å². The Bertz CT molecular complexity index is 1100. The van der Waals surface area contributed by atoms with Crippen molar-refractivity contribution in [2.45, 2.75) is 45.7 Å². The molecule has 1 aliphatic heterocycles. The SMILES string of the molecule is CCCN(Cc1cc(=O)n2cccc(C)c2n1)C1CCN(C(=O)c2ccccc2)CC1. The highest BCUT2D eigenvalue weighted by molar-refractivity contribution is 5.94. The molecule has 0 unspecified atom stereocenters. The van der Waals surface area contributed by atoms with E-state index < -0.39 is 0 Å². The van der Waals surface area contributed by atoms with Crippen LogP contribution in [0, 0.1) is 6.92 Å². The number of aryl methyl sites for hydroxylation is 1. The third kappa shape index (κ3) is 4.69. The third-order valence-electron chi connectivity index (χ3n) is 6.10. The minimum atomic E-state index is -0.0385. The average molecular weight is 419 g/mol. The van der Waals surface area contributed by atoms with Crippen molar-refractivity contribution in [2.24, 2.45) is 0 Å². The van der Waals surface area contributed by atoms with E-state index in [-0.39, 0.29) is 11.5 Å². The summed E-state index contributed by atoms with van der Waals surface area (Å²) in [6.45, 7) is 7.27. The standard InChI is InChI=1S/C25H30N4O2/c1-3-13-28(18-21-17-23(30)29-14-7-8-19(2)24(29)26-21)22-11-15-27(16-12-22)25(31)20-9-5-4-6-10-20/h4-10,14,17,22H,3,11-13,15-16,18H2,1-2H3. The number of nitrogens with zero attached hydrogens (tertiary/aromatic N) is 4. The monoisotopic (exact) mass is 418 g/mol. The second-order valence-electron chi connectivity index (χ2n) is 8.33. The van der Waals surface area contributed by atoms with Gasteiger partial charge in [0, 0.05) is 43.5 Å². The Labute approximate surface area is 183 Å². The maximum atomic E-state index is 12.8. The molecule has 4 rings (SSSR count). The third-order valence-corrected chi connectivity index (χ3v) is 6.10. The van der Waals surface area contributed by atoms with Crippen LogP contribution in [-0.2, 0) is 6.54 Å². The van der Waals surface area contributed by atoms with Gasteiger partial charge >= 0.3 is 0 Å². The summed E-state index contributed by atoms with van der Waals surface area (Å²) in [4.78, 5) is 34.5. The molecule has 1 amide bonds. The lowest BCUT2D eigenvalue weighted by Gasteiger charge is -2.38. The van der Waals surface area contributed by atoms with Crippen molar-refractivity contribution in [3.63, 3.8) is 0 Å². The van der Waals surface area contributed by atoms with E-state index in [1.54, 1.807) is 16.7 Å². The molecule has 1 saturated heterocycles. The number of likely N-dealkylation sites (tertiary alicyclic amines) is 1. The Morgan fingerprint density at radius 2 is 1.87 bits per heavy atom. The number of hydrogen-bond acceptors (Lipinski definition) is 4. The molecule has 6 heteroatoms. The molecule has 0 bridgehead atoms. The zero-order chi connectivity index (χ0) is 21.8. The summed E-state index contributed by atoms with van der Waals surface area (Å²) in [6.07, 6.45) is 4.67. The van der Waals surface area contributed by atoms with Crippen molar-refractivity contribution in [2.75, 3.05) is 19.6 Å². The number of carbonyl (C=O) groups is 1. The Morgan fingerprint density at radius 3 is 2.58 bits per heavy atom. The van der Waals surface area contributed by atoms with Crippen LogP contribution in [0.2, 0.25) is 0 Å². The zero-order valence-corrected chi connectivity index (χ0v) is 18.3. The number of fused-ring (bicyclic) bond motifs is 1. The molecule has 0 atom stereocenters. The first-order chi connectivity index (χ1) is 15.1. The Morgan fingerprint density at radius 1 is 1.13 bits per heavy atom. The predicted octanol–water partition coefficient (Wildman–Crippen LogP) is 3.52. The van der Waals surface area contributed by atoms with Gasteiger partial charge in [-0.3, -0.25) is 18.9 Å². The van der Waals surface area contributed by atoms with Crippen LogP contribution in [0.3, 0.4) is 0 Å². The van der Waals surface area contributed by atoms with Crippen LogP contribution >= 0.6 is 0 Å². The molecule has 0 spiro atoms. The second-order valence-corrected chi connectivity index (χ2v) is 8.33. The largest absolute Gasteiger partial charge is 0.339 e. The zero-order valence-electron chi connectivity index (χ0n) is 18.3. The van der Waals surface area contributed by atoms with Crippen molar-refractivity contribution in [3.05, 3.63) is 81.9 Å². The molecule has 1 aromatic carbocycles. The van der Waals surface area contributed by atoms with Crippen LogP contribution in [0.25, 0.3) is 5.65 Å². The van der Waals surface area contributed by atoms with Gasteiger partial charge in [-0.05, 0) is 56.5 Å². The fourth-order valence-corrected chi connectivity index (χ4v) is 4.47. The van der Waals surface area contributed by atoms with Gasteiger partial charge in [0.25, 0.3) is 11.5 Å². The molecule has 0 aliphatic carbocycles. The first-order valence-electron chi connectivity index (χ1n) is 11.1. The van der Waals surface area contributed by atoms with E-state index in [4.69, 9.17) is 4.98 Å². The molecule has 0 saturated carbocycles. The summed E-state index contributed by atoms with van der Waals surface area (Å²) in [5.74, 6) is 0.112. The maximum absolute atomic E-state index is 12.8. The van der Waals surface area contributed by atoms with E-state index in [0.717, 1.165) is 61.4 Å². The van der Waals surface area contributed by atoms with E-state index >= 15 is 0 Å². The molecule has 3 aromatic rings. The number of hydrogen-bond donors (Lipinski definition) is 0. The van der Waals surface area contributed by atoms with Gasteiger partial charge in [-0.1, -0.05) is 31.2 Å². The highest BCUT2D eigenvalue weighted by Gasteiger charge is 2.27. The molecular formula is C25H30N4O2. The Hall–Kier alpha value is -2.99. The molecule has 1 fully saturated rings. The van der Waals surface area contributed by atoms with Crippen molar-refractivity contribution in [1.82, 2.24) is 19.2 Å². The van der Waals surface area contributed by atoms with Crippen LogP contribution in [-0.4, -0.2) is 50.8 Å². The first kappa shape index (κ1) is 21.2. The van der Waals surface area contributed by atoms with Crippen LogP contribution in [0.5, 0.6) is 0 Å². The van der Waals surface area contributed by atoms with Gasteiger partial charge in [0.2, 0.25) is 0 Å². The number of carbonyl (C=O) groups excluding carboxylic acids is 1. The summed E-state index contributed by atoms with van der Waals surface area (Å²) in [5.41, 5.74) is 3.25. The highest BCUT2D eigenvalue weighted by Crippen LogP contribution is 2.21. The fourth-order valence-electron chi connectivity index (χ4n) is 4.47. The molecule has 2 aromatic heterocycles. The average Bonchev–Trinajstić information content (AvgIpc) is 2.80. The van der Waals surface area contributed by atoms with Crippen LogP contribution < -0.4 is 5.56 Å². The summed E-state index contributed by atoms with van der Waals surface area (Å²) in [5, 5.41) is 0. The van der Waals surface area contributed by atoms with E-state index in [1.807, 2.05) is 54.3 Å². The molecule has 0 radical (unpaired) electrons. The second kappa shape index (κ2) is 9.43. The van der Waals surface area contributed by atoms with Crippen LogP contribution in [0.4, 0.5) is 0 Å². The Kier molecular flexibility index (Phi) is 6.47. The van der Waals surface area contributed by atoms with Crippen molar-refractivity contribution < 1.29 is 4.79 Å². The summed E-state index contributed by atoms with van der Waals surface area (Å²) < 4.78 is 1.61. The number of rotatable bonds is 6. The molecule has 6 nitrogen and oxygen atoms in total. The minimum absolute atomic E-state index is 0.0385. The number of piperidine rings is 1. The Balaban J connectivity index is 1.47. The van der Waals surface area contributed by atoms with E-state index in [0.29, 0.717) is 12.6 Å². The van der Waals surface area contributed by atoms with E-state index in [2.05, 4.69) is 11.8 Å². The van der Waals surface area contributed by atoms with Gasteiger partial charge in [0.15, 0.2) is 0 Å². The van der Waals surface area contributed by atoms with E-state index in [1.165, 1.54) is 0 Å². The van der Waals surface area contributed by atoms with Crippen molar-refractivity contribution in [1.29, 1.82) is 0 Å². The molecule has 162 valence electrons. The molecule has 31 heavy (non-hydrogen) atoms. The van der Waals surface area contributed by atoms with Gasteiger partial charge in [-0.15, -0.1) is 0 Å². The molecule has 0 N–H and O–H groups in total. The van der Waals surface area contributed by atoms with Crippen molar-refractivity contribution in [3.8, 4) is 0 Å². The number of amides is 1. The summed E-state index contributed by atoms with van der Waals surface area (Å²) in [6, 6.07) is 15.4. The van der Waals surface area contributed by atoms with Crippen LogP contribution in [0.1, 0.15) is 47.8 Å². The predicted molar refractivity (Wildman–Crippen MR) is 122 cm³/mol. The lowest BCUT2D eigenvalue weighted by atomic mass is 10.0. The summed E-state index contributed by atoms with van der Waals surface area (Å²) >= 11 is 0. The number of aromatic nitrogens is 2. The smallest absolute Gasteiger partial charge is 0.258 e. The molecule has 1 aliphatic rings. The fraction of sp³-hybridized carbons (Fsp3) is 0.400. The lowest BCUT2D eigenvalue weighted by Crippen LogP contribution is -2.47. The van der Waals surface area contributed by atoms with Gasteiger partial charge < -0.3 is 4.90 Å². The van der Waals surface area contributed by atoms with Gasteiger partial charge in [-0.2, -0.15) is 0 Å². The van der Waals surface area contributed by atoms with Gasteiger partial charge in [0.05, 0.1) is 5.69 Å².